The first-order chi connectivity index (χ1) is 16.9. The van der Waals surface area contributed by atoms with Crippen molar-refractivity contribution in [2.24, 2.45) is 4.99 Å². The number of nitrogens with zero attached hydrogens (tertiary/aromatic N) is 3. The summed E-state index contributed by atoms with van der Waals surface area (Å²) in [5.41, 5.74) is 1.57. The number of morpholine rings is 1. The Morgan fingerprint density at radius 1 is 1.37 bits per heavy atom. The van der Waals surface area contributed by atoms with Gasteiger partial charge in [-0.3, -0.25) is 14.7 Å². The summed E-state index contributed by atoms with van der Waals surface area (Å²) in [5, 5.41) is 15.7. The number of aromatic nitrogens is 1. The highest BCUT2D eigenvalue weighted by Crippen LogP contribution is 2.37. The Balaban J connectivity index is 1.70. The van der Waals surface area contributed by atoms with Crippen LogP contribution in [-0.2, 0) is 19.1 Å². The molecule has 1 fully saturated rings. The van der Waals surface area contributed by atoms with E-state index in [1.54, 1.807) is 24.4 Å². The first kappa shape index (κ1) is 25.6. The lowest BCUT2D eigenvalue weighted by atomic mass is 9.95. The third kappa shape index (κ3) is 6.20. The van der Waals surface area contributed by atoms with Crippen molar-refractivity contribution in [3.8, 4) is 0 Å². The Bertz CT molecular complexity index is 1150. The van der Waals surface area contributed by atoms with E-state index in [1.165, 1.54) is 18.4 Å². The summed E-state index contributed by atoms with van der Waals surface area (Å²) in [4.78, 5) is 35.3. The lowest BCUT2D eigenvalue weighted by Gasteiger charge is -2.35. The number of halogens is 2. The fourth-order valence-electron chi connectivity index (χ4n) is 4.07. The van der Waals surface area contributed by atoms with Gasteiger partial charge in [0.25, 0.3) is 0 Å². The predicted molar refractivity (Wildman–Crippen MR) is 133 cm³/mol. The second kappa shape index (κ2) is 11.5. The maximum absolute atomic E-state index is 13.0. The molecule has 0 saturated carbocycles. The molecular weight excluding hydrogens is 515 g/mol. The molecule has 2 atom stereocenters. The molecule has 2 N–H and O–H groups in total. The number of carbonyl (C=O) groups is 2. The minimum Gasteiger partial charge on any atom is -0.481 e. The van der Waals surface area contributed by atoms with Crippen LogP contribution in [0.15, 0.2) is 46.0 Å². The van der Waals surface area contributed by atoms with E-state index in [9.17, 15) is 9.59 Å². The lowest BCUT2D eigenvalue weighted by Crippen LogP contribution is -2.46. The lowest BCUT2D eigenvalue weighted by molar-refractivity contribution is -0.138. The molecule has 2 aromatic rings. The predicted octanol–water partition coefficient (Wildman–Crippen LogP) is 3.53. The highest BCUT2D eigenvalue weighted by atomic mass is 35.5. The molecule has 0 radical (unpaired) electrons. The average molecular weight is 539 g/mol. The molecule has 4 rings (SSSR count). The third-order valence-electron chi connectivity index (χ3n) is 5.71. The van der Waals surface area contributed by atoms with Crippen molar-refractivity contribution in [1.82, 2.24) is 15.2 Å². The van der Waals surface area contributed by atoms with Gasteiger partial charge in [-0.25, -0.2) is 9.78 Å². The summed E-state index contributed by atoms with van der Waals surface area (Å²) in [6.45, 7) is 2.00. The highest BCUT2D eigenvalue weighted by Gasteiger charge is 2.35. The number of nitrogens with one attached hydrogen (secondary N) is 1. The number of carbonyl (C=O) groups excluding carboxylic acids is 1. The van der Waals surface area contributed by atoms with E-state index in [0.717, 1.165) is 0 Å². The van der Waals surface area contributed by atoms with Gasteiger partial charge in [0, 0.05) is 58.9 Å². The zero-order valence-electron chi connectivity index (χ0n) is 18.9. The summed E-state index contributed by atoms with van der Waals surface area (Å²) < 4.78 is 10.9. The topological polar surface area (TPSA) is 113 Å². The molecule has 1 saturated heterocycles. The minimum absolute atomic E-state index is 0.0326. The number of benzene rings is 1. The zero-order valence-corrected chi connectivity index (χ0v) is 21.2. The van der Waals surface area contributed by atoms with Gasteiger partial charge in [0.2, 0.25) is 0 Å². The molecule has 0 spiro atoms. The first-order valence-electron chi connectivity index (χ1n) is 10.9. The van der Waals surface area contributed by atoms with Crippen LogP contribution in [-0.4, -0.2) is 72.2 Å². The number of aliphatic imine (C=N–C) groups is 1. The van der Waals surface area contributed by atoms with Gasteiger partial charge in [-0.15, -0.1) is 11.3 Å². The summed E-state index contributed by atoms with van der Waals surface area (Å²) >= 11 is 14.1. The second-order valence-electron chi connectivity index (χ2n) is 8.05. The van der Waals surface area contributed by atoms with E-state index < -0.39 is 18.0 Å². The van der Waals surface area contributed by atoms with Gasteiger partial charge in [0.05, 0.1) is 25.4 Å². The van der Waals surface area contributed by atoms with Crippen molar-refractivity contribution in [2.75, 3.05) is 33.4 Å². The molecule has 0 bridgehead atoms. The van der Waals surface area contributed by atoms with Crippen LogP contribution in [0.25, 0.3) is 0 Å². The van der Waals surface area contributed by atoms with Gasteiger partial charge in [0.1, 0.15) is 6.04 Å². The molecule has 35 heavy (non-hydrogen) atoms. The number of hydrogen-bond donors (Lipinski definition) is 2. The Labute approximate surface area is 216 Å². The third-order valence-corrected chi connectivity index (χ3v) is 7.05. The summed E-state index contributed by atoms with van der Waals surface area (Å²) in [6.07, 6.45) is 1.92. The maximum Gasteiger partial charge on any atom is 0.338 e. The number of esters is 1. The molecule has 2 aliphatic heterocycles. The number of amidine groups is 1. The maximum atomic E-state index is 13.0. The molecule has 3 heterocycles. The van der Waals surface area contributed by atoms with E-state index in [-0.39, 0.29) is 12.5 Å². The van der Waals surface area contributed by atoms with Crippen molar-refractivity contribution < 1.29 is 24.2 Å². The molecular formula is C23H24Cl2N4O5S. The second-order valence-corrected chi connectivity index (χ2v) is 9.79. The number of hydrogen-bond acceptors (Lipinski definition) is 9. The normalized spacial score (nSPS) is 20.8. The van der Waals surface area contributed by atoms with Crippen molar-refractivity contribution in [3.05, 3.63) is 61.7 Å². The van der Waals surface area contributed by atoms with Gasteiger partial charge in [-0.05, 0) is 18.6 Å². The quantitative estimate of drug-likeness (QED) is 0.490. The van der Waals surface area contributed by atoms with Crippen molar-refractivity contribution >= 4 is 52.3 Å². The van der Waals surface area contributed by atoms with Crippen LogP contribution < -0.4 is 5.32 Å². The number of ether oxygens (including phenoxy) is 2. The summed E-state index contributed by atoms with van der Waals surface area (Å²) in [6, 6.07) is 4.34. The van der Waals surface area contributed by atoms with Gasteiger partial charge < -0.3 is 19.9 Å². The first-order valence-corrected chi connectivity index (χ1v) is 12.6. The largest absolute Gasteiger partial charge is 0.481 e. The van der Waals surface area contributed by atoms with E-state index in [0.29, 0.717) is 70.4 Å². The molecule has 1 aromatic carbocycles. The summed E-state index contributed by atoms with van der Waals surface area (Å²) in [5.74, 6) is -0.863. The monoisotopic (exact) mass is 538 g/mol. The number of aliphatic carboxylic acids is 1. The zero-order chi connectivity index (χ0) is 24.9. The number of methoxy groups -OCH3 is 1. The van der Waals surface area contributed by atoms with Crippen LogP contribution in [0.3, 0.4) is 0 Å². The molecule has 0 amide bonds. The van der Waals surface area contributed by atoms with Gasteiger partial charge >= 0.3 is 11.9 Å². The van der Waals surface area contributed by atoms with Gasteiger partial charge in [-0.2, -0.15) is 0 Å². The van der Waals surface area contributed by atoms with Crippen LogP contribution in [0.5, 0.6) is 0 Å². The molecule has 1 unspecified atom stereocenters. The number of carboxylic acid groups (broad SMARTS) is 1. The average Bonchev–Trinajstić information content (AvgIpc) is 3.37. The molecule has 1 aromatic heterocycles. The smallest absolute Gasteiger partial charge is 0.338 e. The van der Waals surface area contributed by atoms with Gasteiger partial charge in [0.15, 0.2) is 10.8 Å². The van der Waals surface area contributed by atoms with Crippen molar-refractivity contribution in [3.63, 3.8) is 0 Å². The van der Waals surface area contributed by atoms with E-state index in [4.69, 9.17) is 42.8 Å². The number of carboxylic acids is 1. The minimum atomic E-state index is -0.859. The van der Waals surface area contributed by atoms with E-state index in [2.05, 4.69) is 15.2 Å². The van der Waals surface area contributed by atoms with Crippen LogP contribution in [0.1, 0.15) is 29.5 Å². The Morgan fingerprint density at radius 2 is 2.20 bits per heavy atom. The Morgan fingerprint density at radius 3 is 2.89 bits per heavy atom. The number of rotatable bonds is 8. The number of thiazole rings is 1. The molecule has 0 aliphatic carbocycles. The fraction of sp³-hybridized carbons (Fsp3) is 0.391. The molecule has 2 aliphatic rings. The van der Waals surface area contributed by atoms with Gasteiger partial charge in [-0.1, -0.05) is 29.3 Å². The summed E-state index contributed by atoms with van der Waals surface area (Å²) in [7, 11) is 1.32. The molecule has 12 heteroatoms. The van der Waals surface area contributed by atoms with E-state index in [1.807, 2.05) is 5.38 Å². The van der Waals surface area contributed by atoms with Crippen LogP contribution in [0, 0.1) is 0 Å². The fourth-order valence-corrected chi connectivity index (χ4v) is 5.17. The van der Waals surface area contributed by atoms with Crippen LogP contribution in [0.4, 0.5) is 0 Å². The molecule has 9 nitrogen and oxygen atoms in total. The Hall–Kier alpha value is -2.50. The Kier molecular flexibility index (Phi) is 8.40. The highest BCUT2D eigenvalue weighted by molar-refractivity contribution is 7.11. The SMILES string of the molecule is COC(=O)C1=C(CN2CCOC(CCC(=O)O)C2)NC(c2nccs2)=N[C@H]1c1ccc(Cl)cc1Cl. The van der Waals surface area contributed by atoms with Crippen molar-refractivity contribution in [2.45, 2.75) is 25.0 Å². The van der Waals surface area contributed by atoms with Crippen molar-refractivity contribution in [1.29, 1.82) is 0 Å². The standard InChI is InChI=1S/C23H24Cl2N4O5S/c1-33-23(32)19-17(12-29-7-8-34-14(11-29)3-5-18(30)31)27-21(22-26-6-9-35-22)28-20(19)15-4-2-13(24)10-16(15)25/h2,4,6,9-10,14,20H,3,5,7-8,11-12H2,1H3,(H,27,28)(H,30,31)/t14?,20-/m0/s1. The van der Waals surface area contributed by atoms with Crippen LogP contribution >= 0.6 is 34.5 Å². The van der Waals surface area contributed by atoms with E-state index >= 15 is 0 Å². The van der Waals surface area contributed by atoms with Crippen LogP contribution in [0.2, 0.25) is 10.0 Å². The molecule has 186 valence electrons.